The number of para-hydroxylation sites is 2. The molecule has 0 bridgehead atoms. The first-order chi connectivity index (χ1) is 10.0. The minimum Gasteiger partial charge on any atom is -0.504 e. The van der Waals surface area contributed by atoms with Crippen LogP contribution in [0.1, 0.15) is 6.42 Å². The summed E-state index contributed by atoms with van der Waals surface area (Å²) < 4.78 is 10.3. The Hall–Kier alpha value is -2.28. The summed E-state index contributed by atoms with van der Waals surface area (Å²) in [4.78, 5) is 24.5. The first kappa shape index (κ1) is 15.1. The summed E-state index contributed by atoms with van der Waals surface area (Å²) in [5, 5.41) is 18.7. The Balaban J connectivity index is 1.99. The molecule has 114 valence electrons. The molecule has 1 aromatic carbocycles. The Morgan fingerprint density at radius 3 is 2.71 bits per heavy atom. The fourth-order valence-corrected chi connectivity index (χ4v) is 2.28. The van der Waals surface area contributed by atoms with E-state index in [1.165, 1.54) is 24.1 Å². The quantitative estimate of drug-likeness (QED) is 0.820. The lowest BCUT2D eigenvalue weighted by Crippen LogP contribution is -2.43. The van der Waals surface area contributed by atoms with E-state index in [4.69, 9.17) is 14.6 Å². The van der Waals surface area contributed by atoms with E-state index >= 15 is 0 Å². The molecule has 1 heterocycles. The number of hydrogen-bond acceptors (Lipinski definition) is 5. The number of benzene rings is 1. The number of carbonyl (C=O) groups excluding carboxylic acids is 1. The number of ether oxygens (including phenoxy) is 2. The average molecular weight is 295 g/mol. The minimum absolute atomic E-state index is 0.0729. The lowest BCUT2D eigenvalue weighted by atomic mass is 10.2. The average Bonchev–Trinajstić information content (AvgIpc) is 2.90. The number of methoxy groups -OCH3 is 1. The van der Waals surface area contributed by atoms with Gasteiger partial charge in [0.15, 0.2) is 18.1 Å². The largest absolute Gasteiger partial charge is 0.504 e. The number of phenolic OH excluding ortho intramolecular Hbond substituents is 1. The van der Waals surface area contributed by atoms with Crippen molar-refractivity contribution in [1.82, 2.24) is 4.90 Å². The molecule has 1 saturated heterocycles. The number of nitrogens with zero attached hydrogens (tertiary/aromatic N) is 1. The maximum Gasteiger partial charge on any atom is 0.326 e. The zero-order chi connectivity index (χ0) is 15.4. The third kappa shape index (κ3) is 3.43. The molecule has 7 heteroatoms. The highest BCUT2D eigenvalue weighted by Gasteiger charge is 2.39. The van der Waals surface area contributed by atoms with E-state index in [9.17, 15) is 14.7 Å². The molecule has 7 nitrogen and oxygen atoms in total. The van der Waals surface area contributed by atoms with Gasteiger partial charge in [-0.15, -0.1) is 0 Å². The molecule has 0 aromatic heterocycles. The number of aromatic hydroxyl groups is 1. The third-order valence-corrected chi connectivity index (χ3v) is 3.42. The number of hydrogen-bond donors (Lipinski definition) is 2. The van der Waals surface area contributed by atoms with E-state index < -0.39 is 17.9 Å². The smallest absolute Gasteiger partial charge is 0.326 e. The van der Waals surface area contributed by atoms with Crippen LogP contribution < -0.4 is 4.74 Å². The second-order valence-corrected chi connectivity index (χ2v) is 4.75. The molecule has 1 aliphatic heterocycles. The number of likely N-dealkylation sites (tertiary alicyclic amines) is 1. The van der Waals surface area contributed by atoms with Crippen molar-refractivity contribution in [3.63, 3.8) is 0 Å². The molecule has 1 fully saturated rings. The fourth-order valence-electron chi connectivity index (χ4n) is 2.28. The predicted molar refractivity (Wildman–Crippen MR) is 72.2 cm³/mol. The second kappa shape index (κ2) is 6.45. The number of amides is 1. The summed E-state index contributed by atoms with van der Waals surface area (Å²) in [6.07, 6.45) is -0.0334. The number of aliphatic carboxylic acids is 1. The Morgan fingerprint density at radius 2 is 2.10 bits per heavy atom. The van der Waals surface area contributed by atoms with Crippen LogP contribution in [0, 0.1) is 0 Å². The monoisotopic (exact) mass is 295 g/mol. The van der Waals surface area contributed by atoms with Gasteiger partial charge in [-0.3, -0.25) is 4.79 Å². The molecule has 21 heavy (non-hydrogen) atoms. The van der Waals surface area contributed by atoms with E-state index in [1.807, 2.05) is 0 Å². The fraction of sp³-hybridized carbons (Fsp3) is 0.429. The van der Waals surface area contributed by atoms with Crippen molar-refractivity contribution in [2.75, 3.05) is 20.3 Å². The normalized spacial score (nSPS) is 21.3. The van der Waals surface area contributed by atoms with Crippen LogP contribution in [0.25, 0.3) is 0 Å². The van der Waals surface area contributed by atoms with E-state index in [0.29, 0.717) is 0 Å². The predicted octanol–water partition coefficient (Wildman–Crippen LogP) is 0.471. The summed E-state index contributed by atoms with van der Waals surface area (Å²) in [6, 6.07) is 5.36. The first-order valence-corrected chi connectivity index (χ1v) is 6.48. The van der Waals surface area contributed by atoms with Crippen LogP contribution in [0.2, 0.25) is 0 Å². The molecule has 2 rings (SSSR count). The molecule has 2 unspecified atom stereocenters. The van der Waals surface area contributed by atoms with Crippen molar-refractivity contribution in [3.8, 4) is 11.5 Å². The van der Waals surface area contributed by atoms with Crippen molar-refractivity contribution in [2.24, 2.45) is 0 Å². The standard InChI is InChI=1S/C14H17NO6/c1-20-9-6-10(14(18)19)15(7-9)13(17)8-21-12-5-3-2-4-11(12)16/h2-5,9-10,16H,6-8H2,1H3,(H,18,19). The molecule has 0 saturated carbocycles. The molecule has 1 aliphatic rings. The van der Waals surface area contributed by atoms with Crippen LogP contribution in [-0.4, -0.2) is 59.4 Å². The van der Waals surface area contributed by atoms with Gasteiger partial charge >= 0.3 is 5.97 Å². The molecular weight excluding hydrogens is 278 g/mol. The van der Waals surface area contributed by atoms with Gasteiger partial charge in [0.1, 0.15) is 6.04 Å². The first-order valence-electron chi connectivity index (χ1n) is 6.48. The van der Waals surface area contributed by atoms with Gasteiger partial charge < -0.3 is 24.6 Å². The Morgan fingerprint density at radius 1 is 1.38 bits per heavy atom. The molecular formula is C14H17NO6. The van der Waals surface area contributed by atoms with E-state index in [-0.39, 0.29) is 37.2 Å². The van der Waals surface area contributed by atoms with Gasteiger partial charge in [0, 0.05) is 20.1 Å². The topological polar surface area (TPSA) is 96.3 Å². The van der Waals surface area contributed by atoms with E-state index in [0.717, 1.165) is 0 Å². The summed E-state index contributed by atoms with van der Waals surface area (Å²) in [5.74, 6) is -1.41. The van der Waals surface area contributed by atoms with Crippen LogP contribution in [0.3, 0.4) is 0 Å². The lowest BCUT2D eigenvalue weighted by Gasteiger charge is -2.21. The Labute approximate surface area is 121 Å². The van der Waals surface area contributed by atoms with Crippen LogP contribution >= 0.6 is 0 Å². The van der Waals surface area contributed by atoms with Crippen molar-refractivity contribution in [1.29, 1.82) is 0 Å². The van der Waals surface area contributed by atoms with Crippen molar-refractivity contribution in [3.05, 3.63) is 24.3 Å². The van der Waals surface area contributed by atoms with Crippen LogP contribution in [-0.2, 0) is 14.3 Å². The highest BCUT2D eigenvalue weighted by atomic mass is 16.5. The maximum atomic E-state index is 12.1. The SMILES string of the molecule is COC1CC(C(=O)O)N(C(=O)COc2ccccc2O)C1. The van der Waals surface area contributed by atoms with Gasteiger partial charge in [0.05, 0.1) is 6.10 Å². The van der Waals surface area contributed by atoms with Crippen LogP contribution in [0.5, 0.6) is 11.5 Å². The molecule has 2 N–H and O–H groups in total. The van der Waals surface area contributed by atoms with Gasteiger partial charge in [-0.2, -0.15) is 0 Å². The van der Waals surface area contributed by atoms with E-state index in [2.05, 4.69) is 0 Å². The van der Waals surface area contributed by atoms with Crippen molar-refractivity contribution in [2.45, 2.75) is 18.6 Å². The second-order valence-electron chi connectivity index (χ2n) is 4.75. The third-order valence-electron chi connectivity index (χ3n) is 3.42. The minimum atomic E-state index is -1.06. The summed E-state index contributed by atoms with van der Waals surface area (Å²) in [7, 11) is 1.48. The van der Waals surface area contributed by atoms with E-state index in [1.54, 1.807) is 12.1 Å². The highest BCUT2D eigenvalue weighted by Crippen LogP contribution is 2.25. The zero-order valence-electron chi connectivity index (χ0n) is 11.6. The molecule has 0 aliphatic carbocycles. The summed E-state index contributed by atoms with van der Waals surface area (Å²) in [5.41, 5.74) is 0. The lowest BCUT2D eigenvalue weighted by molar-refractivity contribution is -0.149. The summed E-state index contributed by atoms with van der Waals surface area (Å²) in [6.45, 7) is -0.117. The van der Waals surface area contributed by atoms with Crippen LogP contribution in [0.4, 0.5) is 0 Å². The maximum absolute atomic E-state index is 12.1. The van der Waals surface area contributed by atoms with Crippen LogP contribution in [0.15, 0.2) is 24.3 Å². The Bertz CT molecular complexity index is 532. The van der Waals surface area contributed by atoms with Crippen molar-refractivity contribution < 1.29 is 29.3 Å². The highest BCUT2D eigenvalue weighted by molar-refractivity contribution is 5.85. The van der Waals surface area contributed by atoms with Gasteiger partial charge in [-0.05, 0) is 12.1 Å². The van der Waals surface area contributed by atoms with Gasteiger partial charge in [-0.1, -0.05) is 12.1 Å². The number of carboxylic acids is 1. The molecule has 1 amide bonds. The number of carbonyl (C=O) groups is 2. The van der Waals surface area contributed by atoms with Gasteiger partial charge in [0.2, 0.25) is 0 Å². The molecule has 1 aromatic rings. The molecule has 2 atom stereocenters. The molecule has 0 spiro atoms. The summed E-state index contributed by atoms with van der Waals surface area (Å²) >= 11 is 0. The molecule has 0 radical (unpaired) electrons. The Kier molecular flexibility index (Phi) is 4.64. The van der Waals surface area contributed by atoms with Crippen molar-refractivity contribution >= 4 is 11.9 Å². The van der Waals surface area contributed by atoms with Gasteiger partial charge in [-0.25, -0.2) is 4.79 Å². The number of rotatable bonds is 5. The van der Waals surface area contributed by atoms with Gasteiger partial charge in [0.25, 0.3) is 5.91 Å². The zero-order valence-corrected chi connectivity index (χ0v) is 11.6. The number of carboxylic acid groups (broad SMARTS) is 1. The number of phenols is 1.